The van der Waals surface area contributed by atoms with Gasteiger partial charge in [-0.2, -0.15) is 0 Å². The number of hydrogen-bond acceptors (Lipinski definition) is 3. The minimum Gasteiger partial charge on any atom is -0.369 e. The van der Waals surface area contributed by atoms with Gasteiger partial charge in [-0.3, -0.25) is 14.9 Å². The van der Waals surface area contributed by atoms with Crippen LogP contribution in [0.5, 0.6) is 0 Å². The van der Waals surface area contributed by atoms with Gasteiger partial charge < -0.3 is 10.6 Å². The number of amides is 2. The van der Waals surface area contributed by atoms with E-state index in [9.17, 15) is 9.59 Å². The molecule has 5 nitrogen and oxygen atoms in total. The quantitative estimate of drug-likeness (QED) is 0.545. The van der Waals surface area contributed by atoms with E-state index in [0.29, 0.717) is 0 Å². The zero-order chi connectivity index (χ0) is 9.72. The van der Waals surface area contributed by atoms with Gasteiger partial charge in [0.25, 0.3) is 0 Å². The first-order chi connectivity index (χ1) is 5.45. The molecule has 0 aromatic heterocycles. The molecule has 3 N–H and O–H groups in total. The normalized spacial score (nSPS) is 12.2. The molecule has 0 aromatic carbocycles. The van der Waals surface area contributed by atoms with E-state index in [0.717, 1.165) is 0 Å². The molecule has 5 heteroatoms. The van der Waals surface area contributed by atoms with Crippen molar-refractivity contribution in [3.05, 3.63) is 0 Å². The first kappa shape index (κ1) is 10.9. The summed E-state index contributed by atoms with van der Waals surface area (Å²) in [7, 11) is 3.32. The van der Waals surface area contributed by atoms with Crippen LogP contribution in [0.1, 0.15) is 6.92 Å². The standard InChI is InChI=1S/C7H15N3O2/c1-5(7(12)10(2)3)9-4-6(8)11/h5,9H,4H2,1-3H3,(H2,8,11). The van der Waals surface area contributed by atoms with Crippen molar-refractivity contribution in [1.82, 2.24) is 10.2 Å². The highest BCUT2D eigenvalue weighted by atomic mass is 16.2. The summed E-state index contributed by atoms with van der Waals surface area (Å²) in [6.45, 7) is 1.71. The molecular formula is C7H15N3O2. The van der Waals surface area contributed by atoms with Gasteiger partial charge in [0.05, 0.1) is 12.6 Å². The largest absolute Gasteiger partial charge is 0.369 e. The SMILES string of the molecule is CC(NCC(N)=O)C(=O)N(C)C. The number of rotatable bonds is 4. The Labute approximate surface area is 71.9 Å². The molecule has 0 fully saturated rings. The second kappa shape index (κ2) is 4.71. The van der Waals surface area contributed by atoms with Crippen LogP contribution in [-0.2, 0) is 9.59 Å². The lowest BCUT2D eigenvalue weighted by Gasteiger charge is -2.16. The predicted octanol–water partition coefficient (Wildman–Crippen LogP) is -1.46. The van der Waals surface area contributed by atoms with E-state index in [4.69, 9.17) is 5.73 Å². The maximum Gasteiger partial charge on any atom is 0.238 e. The molecule has 2 amide bonds. The number of hydrogen-bond donors (Lipinski definition) is 2. The Morgan fingerprint density at radius 3 is 2.33 bits per heavy atom. The van der Waals surface area contributed by atoms with Crippen LogP contribution in [0.4, 0.5) is 0 Å². The summed E-state index contributed by atoms with van der Waals surface area (Å²) >= 11 is 0. The monoisotopic (exact) mass is 173 g/mol. The number of nitrogens with zero attached hydrogens (tertiary/aromatic N) is 1. The molecule has 1 unspecified atom stereocenters. The van der Waals surface area contributed by atoms with Crippen molar-refractivity contribution in [2.45, 2.75) is 13.0 Å². The Bertz CT molecular complexity index is 179. The lowest BCUT2D eigenvalue weighted by atomic mass is 10.3. The average molecular weight is 173 g/mol. The van der Waals surface area contributed by atoms with E-state index >= 15 is 0 Å². The van der Waals surface area contributed by atoms with Crippen LogP contribution in [-0.4, -0.2) is 43.4 Å². The maximum atomic E-state index is 11.2. The van der Waals surface area contributed by atoms with Crippen LogP contribution < -0.4 is 11.1 Å². The summed E-state index contributed by atoms with van der Waals surface area (Å²) < 4.78 is 0. The zero-order valence-corrected chi connectivity index (χ0v) is 7.63. The number of carbonyl (C=O) groups is 2. The maximum absolute atomic E-state index is 11.2. The summed E-state index contributed by atoms with van der Waals surface area (Å²) in [5.41, 5.74) is 4.89. The number of likely N-dealkylation sites (N-methyl/N-ethyl adjacent to an activating group) is 1. The lowest BCUT2D eigenvalue weighted by molar-refractivity contribution is -0.130. The number of nitrogens with two attached hydrogens (primary N) is 1. The molecule has 1 atom stereocenters. The summed E-state index contributed by atoms with van der Waals surface area (Å²) in [5, 5.41) is 2.70. The highest BCUT2D eigenvalue weighted by Crippen LogP contribution is 1.86. The van der Waals surface area contributed by atoms with E-state index < -0.39 is 5.91 Å². The summed E-state index contributed by atoms with van der Waals surface area (Å²) in [6, 6.07) is -0.368. The molecule has 0 aromatic rings. The summed E-state index contributed by atoms with van der Waals surface area (Å²) in [6.07, 6.45) is 0. The third-order valence-electron chi connectivity index (χ3n) is 1.39. The summed E-state index contributed by atoms with van der Waals surface area (Å²) in [5.74, 6) is -0.537. The molecule has 0 aliphatic carbocycles. The highest BCUT2D eigenvalue weighted by Gasteiger charge is 2.13. The Morgan fingerprint density at radius 2 is 2.00 bits per heavy atom. The van der Waals surface area contributed by atoms with Crippen molar-refractivity contribution in [2.75, 3.05) is 20.6 Å². The molecule has 12 heavy (non-hydrogen) atoms. The minimum absolute atomic E-state index is 0.0285. The predicted molar refractivity (Wildman–Crippen MR) is 45.4 cm³/mol. The number of primary amides is 1. The van der Waals surface area contributed by atoms with Crippen LogP contribution >= 0.6 is 0 Å². The third-order valence-corrected chi connectivity index (χ3v) is 1.39. The molecule has 0 spiro atoms. The van der Waals surface area contributed by atoms with Gasteiger partial charge in [0.15, 0.2) is 0 Å². The second-order valence-electron chi connectivity index (χ2n) is 2.80. The van der Waals surface area contributed by atoms with Gasteiger partial charge in [0.2, 0.25) is 11.8 Å². The fraction of sp³-hybridized carbons (Fsp3) is 0.714. The van der Waals surface area contributed by atoms with Crippen molar-refractivity contribution in [3.63, 3.8) is 0 Å². The Balaban J connectivity index is 3.79. The van der Waals surface area contributed by atoms with Gasteiger partial charge in [-0.15, -0.1) is 0 Å². The number of nitrogens with one attached hydrogen (secondary N) is 1. The van der Waals surface area contributed by atoms with E-state index in [1.165, 1.54) is 4.90 Å². The van der Waals surface area contributed by atoms with Gasteiger partial charge in [-0.25, -0.2) is 0 Å². The smallest absolute Gasteiger partial charge is 0.238 e. The van der Waals surface area contributed by atoms with Crippen molar-refractivity contribution in [2.24, 2.45) is 5.73 Å². The van der Waals surface area contributed by atoms with E-state index in [2.05, 4.69) is 5.32 Å². The highest BCUT2D eigenvalue weighted by molar-refractivity contribution is 5.82. The molecule has 0 saturated heterocycles. The third kappa shape index (κ3) is 3.92. The molecular weight excluding hydrogens is 158 g/mol. The Kier molecular flexibility index (Phi) is 4.28. The Morgan fingerprint density at radius 1 is 1.50 bits per heavy atom. The minimum atomic E-state index is -0.464. The van der Waals surface area contributed by atoms with Crippen LogP contribution in [0.2, 0.25) is 0 Å². The van der Waals surface area contributed by atoms with Crippen LogP contribution in [0.15, 0.2) is 0 Å². The van der Waals surface area contributed by atoms with Gasteiger partial charge in [-0.1, -0.05) is 0 Å². The zero-order valence-electron chi connectivity index (χ0n) is 7.63. The molecule has 0 heterocycles. The summed E-state index contributed by atoms with van der Waals surface area (Å²) in [4.78, 5) is 23.0. The average Bonchev–Trinajstić information content (AvgIpc) is 1.98. The van der Waals surface area contributed by atoms with Crippen LogP contribution in [0.25, 0.3) is 0 Å². The van der Waals surface area contributed by atoms with Crippen molar-refractivity contribution in [1.29, 1.82) is 0 Å². The van der Waals surface area contributed by atoms with Crippen molar-refractivity contribution >= 4 is 11.8 Å². The molecule has 0 radical (unpaired) electrons. The van der Waals surface area contributed by atoms with Gasteiger partial charge in [0.1, 0.15) is 0 Å². The molecule has 0 rings (SSSR count). The molecule has 70 valence electrons. The van der Waals surface area contributed by atoms with Crippen LogP contribution in [0, 0.1) is 0 Å². The molecule has 0 aliphatic rings. The van der Waals surface area contributed by atoms with Crippen LogP contribution in [0.3, 0.4) is 0 Å². The number of carbonyl (C=O) groups excluding carboxylic acids is 2. The fourth-order valence-electron chi connectivity index (χ4n) is 0.728. The second-order valence-corrected chi connectivity index (χ2v) is 2.80. The topological polar surface area (TPSA) is 75.4 Å². The van der Waals surface area contributed by atoms with Crippen molar-refractivity contribution < 1.29 is 9.59 Å². The van der Waals surface area contributed by atoms with Crippen molar-refractivity contribution in [3.8, 4) is 0 Å². The first-order valence-electron chi connectivity index (χ1n) is 3.68. The van der Waals surface area contributed by atoms with Gasteiger partial charge in [0, 0.05) is 14.1 Å². The van der Waals surface area contributed by atoms with E-state index in [1.807, 2.05) is 0 Å². The molecule has 0 aliphatic heterocycles. The van der Waals surface area contributed by atoms with E-state index in [-0.39, 0.29) is 18.5 Å². The molecule has 0 bridgehead atoms. The van der Waals surface area contributed by atoms with Gasteiger partial charge in [-0.05, 0) is 6.92 Å². The fourth-order valence-corrected chi connectivity index (χ4v) is 0.728. The molecule has 0 saturated carbocycles. The lowest BCUT2D eigenvalue weighted by Crippen LogP contribution is -2.44. The van der Waals surface area contributed by atoms with E-state index in [1.54, 1.807) is 21.0 Å². The first-order valence-corrected chi connectivity index (χ1v) is 3.68. The Hall–Kier alpha value is -1.10. The van der Waals surface area contributed by atoms with Gasteiger partial charge >= 0.3 is 0 Å².